The molecule has 2 aromatic rings. The lowest BCUT2D eigenvalue weighted by Gasteiger charge is -2.37. The third kappa shape index (κ3) is 5.67. The molecule has 0 saturated carbocycles. The SMILES string of the molecule is COCCCC1CCN(C(=O)CC2C(=O)NCCN2Cc2ccc3ccccc3c2)CC1. The van der Waals surface area contributed by atoms with E-state index in [0.29, 0.717) is 19.0 Å². The molecule has 0 bridgehead atoms. The highest BCUT2D eigenvalue weighted by molar-refractivity contribution is 5.89. The average molecular weight is 438 g/mol. The van der Waals surface area contributed by atoms with Crippen LogP contribution in [0.2, 0.25) is 0 Å². The van der Waals surface area contributed by atoms with Gasteiger partial charge in [-0.3, -0.25) is 14.5 Å². The van der Waals surface area contributed by atoms with Gasteiger partial charge in [0.1, 0.15) is 0 Å². The summed E-state index contributed by atoms with van der Waals surface area (Å²) in [7, 11) is 1.74. The first-order valence-corrected chi connectivity index (χ1v) is 11.9. The summed E-state index contributed by atoms with van der Waals surface area (Å²) in [6.07, 6.45) is 4.61. The van der Waals surface area contributed by atoms with Gasteiger partial charge in [0.25, 0.3) is 0 Å². The number of hydrogen-bond donors (Lipinski definition) is 1. The molecule has 2 heterocycles. The highest BCUT2D eigenvalue weighted by Crippen LogP contribution is 2.24. The maximum atomic E-state index is 13.1. The van der Waals surface area contributed by atoms with Gasteiger partial charge in [0.2, 0.25) is 11.8 Å². The number of piperazine rings is 1. The van der Waals surface area contributed by atoms with E-state index >= 15 is 0 Å². The number of methoxy groups -OCH3 is 1. The number of likely N-dealkylation sites (tertiary alicyclic amines) is 1. The lowest BCUT2D eigenvalue weighted by Crippen LogP contribution is -2.56. The van der Waals surface area contributed by atoms with Crippen molar-refractivity contribution in [3.8, 4) is 0 Å². The van der Waals surface area contributed by atoms with Crippen LogP contribution in [0.1, 0.15) is 37.7 Å². The fourth-order valence-corrected chi connectivity index (χ4v) is 5.03. The molecular formula is C26H35N3O3. The number of benzene rings is 2. The molecule has 1 atom stereocenters. The third-order valence-corrected chi connectivity index (χ3v) is 6.94. The Morgan fingerprint density at radius 2 is 1.88 bits per heavy atom. The van der Waals surface area contributed by atoms with E-state index in [1.165, 1.54) is 22.8 Å². The molecule has 6 heteroatoms. The van der Waals surface area contributed by atoms with Crippen molar-refractivity contribution < 1.29 is 14.3 Å². The number of ether oxygens (including phenoxy) is 1. The van der Waals surface area contributed by atoms with E-state index in [2.05, 4.69) is 40.5 Å². The Hall–Kier alpha value is -2.44. The first kappa shape index (κ1) is 22.7. The van der Waals surface area contributed by atoms with Crippen molar-refractivity contribution in [2.24, 2.45) is 5.92 Å². The molecule has 2 aromatic carbocycles. The number of piperidine rings is 1. The Labute approximate surface area is 190 Å². The molecule has 32 heavy (non-hydrogen) atoms. The van der Waals surface area contributed by atoms with Gasteiger partial charge < -0.3 is 15.0 Å². The number of hydrogen-bond acceptors (Lipinski definition) is 4. The van der Waals surface area contributed by atoms with Crippen molar-refractivity contribution in [2.45, 2.75) is 44.7 Å². The summed E-state index contributed by atoms with van der Waals surface area (Å²) < 4.78 is 5.15. The van der Waals surface area contributed by atoms with Crippen molar-refractivity contribution >= 4 is 22.6 Å². The van der Waals surface area contributed by atoms with Gasteiger partial charge in [0, 0.05) is 46.4 Å². The lowest BCUT2D eigenvalue weighted by atomic mass is 9.92. The van der Waals surface area contributed by atoms with Crippen molar-refractivity contribution in [1.82, 2.24) is 15.1 Å². The van der Waals surface area contributed by atoms with E-state index in [1.54, 1.807) is 7.11 Å². The molecule has 0 spiro atoms. The van der Waals surface area contributed by atoms with E-state index < -0.39 is 6.04 Å². The molecule has 1 N–H and O–H groups in total. The number of amides is 2. The molecule has 172 valence electrons. The maximum absolute atomic E-state index is 13.1. The zero-order chi connectivity index (χ0) is 22.3. The molecule has 0 aliphatic carbocycles. The second-order valence-electron chi connectivity index (χ2n) is 9.12. The second-order valence-corrected chi connectivity index (χ2v) is 9.12. The Bertz CT molecular complexity index is 923. The van der Waals surface area contributed by atoms with Crippen molar-refractivity contribution in [1.29, 1.82) is 0 Å². The predicted octanol–water partition coefficient (Wildman–Crippen LogP) is 3.20. The van der Waals surface area contributed by atoms with Crippen LogP contribution in [0.3, 0.4) is 0 Å². The van der Waals surface area contributed by atoms with Crippen LogP contribution in [-0.2, 0) is 20.9 Å². The Morgan fingerprint density at radius 1 is 1.09 bits per heavy atom. The zero-order valence-electron chi connectivity index (χ0n) is 19.1. The summed E-state index contributed by atoms with van der Waals surface area (Å²) in [5, 5.41) is 5.37. The van der Waals surface area contributed by atoms with Gasteiger partial charge in [0.15, 0.2) is 0 Å². The summed E-state index contributed by atoms with van der Waals surface area (Å²) in [6, 6.07) is 14.4. The highest BCUT2D eigenvalue weighted by Gasteiger charge is 2.33. The number of carbonyl (C=O) groups is 2. The normalized spacial score (nSPS) is 20.5. The van der Waals surface area contributed by atoms with E-state index in [9.17, 15) is 9.59 Å². The van der Waals surface area contributed by atoms with E-state index in [-0.39, 0.29) is 18.2 Å². The van der Waals surface area contributed by atoms with Crippen molar-refractivity contribution in [3.05, 3.63) is 48.0 Å². The number of rotatable bonds is 8. The predicted molar refractivity (Wildman–Crippen MR) is 126 cm³/mol. The molecule has 2 aliphatic rings. The largest absolute Gasteiger partial charge is 0.385 e. The molecule has 2 amide bonds. The van der Waals surface area contributed by atoms with Crippen LogP contribution in [0.25, 0.3) is 10.8 Å². The van der Waals surface area contributed by atoms with Crippen molar-refractivity contribution in [2.75, 3.05) is 39.9 Å². The summed E-state index contributed by atoms with van der Waals surface area (Å²) in [6.45, 7) is 4.48. The van der Waals surface area contributed by atoms with Gasteiger partial charge in [-0.1, -0.05) is 36.4 Å². The number of nitrogens with zero attached hydrogens (tertiary/aromatic N) is 2. The van der Waals surface area contributed by atoms with E-state index in [0.717, 1.165) is 45.5 Å². The van der Waals surface area contributed by atoms with Crippen LogP contribution < -0.4 is 5.32 Å². The third-order valence-electron chi connectivity index (χ3n) is 6.94. The minimum Gasteiger partial charge on any atom is -0.385 e. The minimum atomic E-state index is -0.401. The van der Waals surface area contributed by atoms with Crippen LogP contribution in [0.4, 0.5) is 0 Å². The van der Waals surface area contributed by atoms with Crippen LogP contribution in [0, 0.1) is 5.92 Å². The van der Waals surface area contributed by atoms with Gasteiger partial charge in [-0.15, -0.1) is 0 Å². The zero-order valence-corrected chi connectivity index (χ0v) is 19.1. The summed E-state index contributed by atoms with van der Waals surface area (Å²) in [5.74, 6) is 0.752. The molecule has 2 saturated heterocycles. The van der Waals surface area contributed by atoms with Crippen LogP contribution >= 0.6 is 0 Å². The Kier molecular flexibility index (Phi) is 7.76. The quantitative estimate of drug-likeness (QED) is 0.645. The Balaban J connectivity index is 1.35. The topological polar surface area (TPSA) is 61.9 Å². The van der Waals surface area contributed by atoms with Gasteiger partial charge >= 0.3 is 0 Å². The number of carbonyl (C=O) groups excluding carboxylic acids is 2. The first-order chi connectivity index (χ1) is 15.6. The molecular weight excluding hydrogens is 402 g/mol. The second kappa shape index (κ2) is 10.9. The molecule has 1 unspecified atom stereocenters. The van der Waals surface area contributed by atoms with Gasteiger partial charge in [-0.05, 0) is 54.0 Å². The molecule has 2 aliphatic heterocycles. The van der Waals surface area contributed by atoms with Crippen molar-refractivity contribution in [3.63, 3.8) is 0 Å². The van der Waals surface area contributed by atoms with Crippen LogP contribution in [-0.4, -0.2) is 67.6 Å². The molecule has 0 radical (unpaired) electrons. The summed E-state index contributed by atoms with van der Waals surface area (Å²) in [5.41, 5.74) is 1.17. The standard InChI is InChI=1S/C26H35N3O3/c1-32-16-4-5-20-10-13-28(14-11-20)25(30)18-24-26(31)27-12-15-29(24)19-21-8-9-22-6-2-3-7-23(22)17-21/h2-3,6-9,17,20,24H,4-5,10-16,18-19H2,1H3,(H,27,31). The lowest BCUT2D eigenvalue weighted by molar-refractivity contribution is -0.140. The monoisotopic (exact) mass is 437 g/mol. The van der Waals surface area contributed by atoms with E-state index in [1.807, 2.05) is 17.0 Å². The Morgan fingerprint density at radius 3 is 2.66 bits per heavy atom. The molecule has 6 nitrogen and oxygen atoms in total. The highest BCUT2D eigenvalue weighted by atomic mass is 16.5. The molecule has 0 aromatic heterocycles. The minimum absolute atomic E-state index is 0.0279. The number of nitrogens with one attached hydrogen (secondary N) is 1. The summed E-state index contributed by atoms with van der Waals surface area (Å²) >= 11 is 0. The van der Waals surface area contributed by atoms with Crippen LogP contribution in [0.5, 0.6) is 0 Å². The summed E-state index contributed by atoms with van der Waals surface area (Å²) in [4.78, 5) is 29.9. The van der Waals surface area contributed by atoms with Gasteiger partial charge in [0.05, 0.1) is 12.5 Å². The average Bonchev–Trinajstić information content (AvgIpc) is 2.82. The maximum Gasteiger partial charge on any atom is 0.237 e. The first-order valence-electron chi connectivity index (χ1n) is 11.9. The fraction of sp³-hybridized carbons (Fsp3) is 0.538. The smallest absolute Gasteiger partial charge is 0.237 e. The molecule has 4 rings (SSSR count). The van der Waals surface area contributed by atoms with Crippen LogP contribution in [0.15, 0.2) is 42.5 Å². The van der Waals surface area contributed by atoms with E-state index in [4.69, 9.17) is 4.74 Å². The fourth-order valence-electron chi connectivity index (χ4n) is 5.03. The van der Waals surface area contributed by atoms with Gasteiger partial charge in [-0.25, -0.2) is 0 Å². The molecule has 2 fully saturated rings. The number of fused-ring (bicyclic) bond motifs is 1. The van der Waals surface area contributed by atoms with Gasteiger partial charge in [-0.2, -0.15) is 0 Å².